The summed E-state index contributed by atoms with van der Waals surface area (Å²) in [6, 6.07) is 6.05. The highest BCUT2D eigenvalue weighted by Gasteiger charge is 2.18. The van der Waals surface area contributed by atoms with Gasteiger partial charge in [-0.15, -0.1) is 0 Å². The summed E-state index contributed by atoms with van der Waals surface area (Å²) < 4.78 is 6.89. The molecule has 0 aliphatic heterocycles. The van der Waals surface area contributed by atoms with E-state index in [-0.39, 0.29) is 11.6 Å². The lowest BCUT2D eigenvalue weighted by atomic mass is 10.1. The number of benzene rings is 1. The standard InChI is InChI=1S/C13H20BrNO/c1-5-13(3,4)16-12-7-6-10(9(2)15)8-11(12)14/h6-9H,5,15H2,1-4H3/t9-/m0/s1. The van der Waals surface area contributed by atoms with Crippen LogP contribution in [0.2, 0.25) is 0 Å². The monoisotopic (exact) mass is 285 g/mol. The van der Waals surface area contributed by atoms with Crippen molar-refractivity contribution in [2.45, 2.75) is 45.8 Å². The molecule has 1 atom stereocenters. The number of halogens is 1. The third-order valence-electron chi connectivity index (χ3n) is 2.72. The van der Waals surface area contributed by atoms with Crippen molar-refractivity contribution in [1.82, 2.24) is 0 Å². The van der Waals surface area contributed by atoms with E-state index in [0.29, 0.717) is 0 Å². The lowest BCUT2D eigenvalue weighted by molar-refractivity contribution is 0.104. The molecule has 0 aliphatic rings. The summed E-state index contributed by atoms with van der Waals surface area (Å²) in [7, 11) is 0. The van der Waals surface area contributed by atoms with Gasteiger partial charge in [0, 0.05) is 6.04 Å². The quantitative estimate of drug-likeness (QED) is 0.906. The number of ether oxygens (including phenoxy) is 1. The zero-order valence-corrected chi connectivity index (χ0v) is 12.0. The van der Waals surface area contributed by atoms with Gasteiger partial charge in [0.25, 0.3) is 0 Å². The third kappa shape index (κ3) is 3.49. The molecule has 1 aromatic rings. The van der Waals surface area contributed by atoms with Crippen LogP contribution < -0.4 is 10.5 Å². The smallest absolute Gasteiger partial charge is 0.134 e. The molecule has 0 amide bonds. The van der Waals surface area contributed by atoms with Gasteiger partial charge in [-0.25, -0.2) is 0 Å². The van der Waals surface area contributed by atoms with Crippen LogP contribution in [-0.2, 0) is 0 Å². The Morgan fingerprint density at radius 2 is 2.06 bits per heavy atom. The predicted octanol–water partition coefficient (Wildman–Crippen LogP) is 4.04. The Balaban J connectivity index is 2.91. The molecule has 0 fully saturated rings. The summed E-state index contributed by atoms with van der Waals surface area (Å²) >= 11 is 3.52. The molecule has 1 rings (SSSR count). The summed E-state index contributed by atoms with van der Waals surface area (Å²) in [5.41, 5.74) is 6.79. The molecule has 0 saturated carbocycles. The number of hydrogen-bond donors (Lipinski definition) is 1. The zero-order chi connectivity index (χ0) is 12.3. The van der Waals surface area contributed by atoms with Crippen LogP contribution in [0.15, 0.2) is 22.7 Å². The number of hydrogen-bond acceptors (Lipinski definition) is 2. The fourth-order valence-electron chi connectivity index (χ4n) is 1.25. The molecule has 0 saturated heterocycles. The molecule has 2 nitrogen and oxygen atoms in total. The van der Waals surface area contributed by atoms with E-state index in [1.807, 2.05) is 25.1 Å². The first-order valence-corrected chi connectivity index (χ1v) is 6.39. The van der Waals surface area contributed by atoms with Gasteiger partial charge in [0.15, 0.2) is 0 Å². The molecule has 0 aliphatic carbocycles. The Kier molecular flexibility index (Phi) is 4.39. The maximum absolute atomic E-state index is 5.93. The molecule has 0 bridgehead atoms. The van der Waals surface area contributed by atoms with E-state index in [9.17, 15) is 0 Å². The van der Waals surface area contributed by atoms with Crippen LogP contribution >= 0.6 is 15.9 Å². The number of rotatable bonds is 4. The van der Waals surface area contributed by atoms with Crippen LogP contribution in [0.25, 0.3) is 0 Å². The first-order chi connectivity index (χ1) is 7.35. The van der Waals surface area contributed by atoms with Gasteiger partial charge < -0.3 is 10.5 Å². The third-order valence-corrected chi connectivity index (χ3v) is 3.34. The Morgan fingerprint density at radius 1 is 1.44 bits per heavy atom. The lowest BCUT2D eigenvalue weighted by Gasteiger charge is -2.25. The second-order valence-corrected chi connectivity index (χ2v) is 5.55. The summed E-state index contributed by atoms with van der Waals surface area (Å²) in [5, 5.41) is 0. The summed E-state index contributed by atoms with van der Waals surface area (Å²) in [4.78, 5) is 0. The van der Waals surface area contributed by atoms with Gasteiger partial charge >= 0.3 is 0 Å². The van der Waals surface area contributed by atoms with Crippen molar-refractivity contribution in [2.75, 3.05) is 0 Å². The van der Waals surface area contributed by atoms with Crippen LogP contribution in [-0.4, -0.2) is 5.60 Å². The predicted molar refractivity (Wildman–Crippen MR) is 71.7 cm³/mol. The molecule has 0 heterocycles. The van der Waals surface area contributed by atoms with Crippen LogP contribution in [0.5, 0.6) is 5.75 Å². The minimum Gasteiger partial charge on any atom is -0.487 e. The van der Waals surface area contributed by atoms with Crippen molar-refractivity contribution in [1.29, 1.82) is 0 Å². The van der Waals surface area contributed by atoms with Gasteiger partial charge in [-0.3, -0.25) is 0 Å². The maximum Gasteiger partial charge on any atom is 0.134 e. The molecular formula is C13H20BrNO. The maximum atomic E-state index is 5.93. The van der Waals surface area contributed by atoms with Gasteiger partial charge in [0.1, 0.15) is 11.4 Å². The SMILES string of the molecule is CCC(C)(C)Oc1ccc([C@H](C)N)cc1Br. The molecule has 0 spiro atoms. The zero-order valence-electron chi connectivity index (χ0n) is 10.4. The molecule has 0 unspecified atom stereocenters. The molecule has 90 valence electrons. The number of nitrogens with two attached hydrogens (primary N) is 1. The second-order valence-electron chi connectivity index (χ2n) is 4.69. The van der Waals surface area contributed by atoms with E-state index >= 15 is 0 Å². The normalized spacial score (nSPS) is 13.6. The van der Waals surface area contributed by atoms with E-state index in [1.54, 1.807) is 0 Å². The molecule has 0 radical (unpaired) electrons. The van der Waals surface area contributed by atoms with Crippen molar-refractivity contribution in [3.63, 3.8) is 0 Å². The Morgan fingerprint density at radius 3 is 2.50 bits per heavy atom. The first-order valence-electron chi connectivity index (χ1n) is 5.60. The minimum atomic E-state index is -0.141. The summed E-state index contributed by atoms with van der Waals surface area (Å²) in [6.07, 6.45) is 0.967. The van der Waals surface area contributed by atoms with Crippen molar-refractivity contribution in [3.05, 3.63) is 28.2 Å². The molecule has 1 aromatic carbocycles. The molecule has 0 aromatic heterocycles. The Bertz CT molecular complexity index is 361. The molecular weight excluding hydrogens is 266 g/mol. The van der Waals surface area contributed by atoms with Crippen molar-refractivity contribution < 1.29 is 4.74 Å². The Labute approximate surface area is 106 Å². The van der Waals surface area contributed by atoms with Gasteiger partial charge in [-0.2, -0.15) is 0 Å². The van der Waals surface area contributed by atoms with Crippen LogP contribution in [0.1, 0.15) is 45.7 Å². The second kappa shape index (κ2) is 5.19. The van der Waals surface area contributed by atoms with Crippen LogP contribution in [0.4, 0.5) is 0 Å². The van der Waals surface area contributed by atoms with Gasteiger partial charge in [-0.1, -0.05) is 13.0 Å². The Hall–Kier alpha value is -0.540. The fraction of sp³-hybridized carbons (Fsp3) is 0.538. The topological polar surface area (TPSA) is 35.2 Å². The van der Waals surface area contributed by atoms with Crippen molar-refractivity contribution in [2.24, 2.45) is 5.73 Å². The van der Waals surface area contributed by atoms with Gasteiger partial charge in [0.2, 0.25) is 0 Å². The average Bonchev–Trinajstić information content (AvgIpc) is 2.20. The fourth-order valence-corrected chi connectivity index (χ4v) is 1.73. The highest BCUT2D eigenvalue weighted by molar-refractivity contribution is 9.10. The van der Waals surface area contributed by atoms with E-state index < -0.39 is 0 Å². The highest BCUT2D eigenvalue weighted by atomic mass is 79.9. The largest absolute Gasteiger partial charge is 0.487 e. The van der Waals surface area contributed by atoms with Crippen molar-refractivity contribution >= 4 is 15.9 Å². The van der Waals surface area contributed by atoms with E-state index in [1.165, 1.54) is 0 Å². The van der Waals surface area contributed by atoms with Crippen molar-refractivity contribution in [3.8, 4) is 5.75 Å². The van der Waals surface area contributed by atoms with Crippen LogP contribution in [0, 0.1) is 0 Å². The summed E-state index contributed by atoms with van der Waals surface area (Å²) in [5.74, 6) is 0.872. The first kappa shape index (κ1) is 13.5. The lowest BCUT2D eigenvalue weighted by Crippen LogP contribution is -2.27. The molecule has 16 heavy (non-hydrogen) atoms. The van der Waals surface area contributed by atoms with E-state index in [0.717, 1.165) is 22.2 Å². The van der Waals surface area contributed by atoms with E-state index in [2.05, 4.69) is 36.7 Å². The van der Waals surface area contributed by atoms with Gasteiger partial charge in [0.05, 0.1) is 4.47 Å². The minimum absolute atomic E-state index is 0.0459. The molecule has 2 N–H and O–H groups in total. The molecule has 3 heteroatoms. The van der Waals surface area contributed by atoms with Crippen LogP contribution in [0.3, 0.4) is 0 Å². The highest BCUT2D eigenvalue weighted by Crippen LogP contribution is 2.31. The average molecular weight is 286 g/mol. The summed E-state index contributed by atoms with van der Waals surface area (Å²) in [6.45, 7) is 8.25. The van der Waals surface area contributed by atoms with Gasteiger partial charge in [-0.05, 0) is 60.8 Å². The van der Waals surface area contributed by atoms with E-state index in [4.69, 9.17) is 10.5 Å².